The second-order valence-corrected chi connectivity index (χ2v) is 7.71. The number of rotatable bonds is 4. The first-order valence-electron chi connectivity index (χ1n) is 10.1. The fraction of sp³-hybridized carbons (Fsp3) is 0. The molecule has 0 spiro atoms. The minimum absolute atomic E-state index is 0.723. The summed E-state index contributed by atoms with van der Waals surface area (Å²) in [6.45, 7) is 0. The number of halogens is 1. The van der Waals surface area contributed by atoms with Crippen LogP contribution in [0.15, 0.2) is 115 Å². The Balaban J connectivity index is 1.64. The Morgan fingerprint density at radius 1 is 0.484 bits per heavy atom. The van der Waals surface area contributed by atoms with Crippen LogP contribution in [-0.2, 0) is 0 Å². The van der Waals surface area contributed by atoms with Gasteiger partial charge in [-0.15, -0.1) is 0 Å². The minimum atomic E-state index is 0.723. The molecule has 148 valence electrons. The highest BCUT2D eigenvalue weighted by molar-refractivity contribution is 6.30. The van der Waals surface area contributed by atoms with Gasteiger partial charge >= 0.3 is 0 Å². The maximum Gasteiger partial charge on any atom is 0.0972 e. The number of hydrogen-bond donors (Lipinski definition) is 0. The molecule has 0 aliphatic rings. The first kappa shape index (κ1) is 19.2. The van der Waals surface area contributed by atoms with Gasteiger partial charge in [-0.1, -0.05) is 103 Å². The maximum atomic E-state index is 6.19. The van der Waals surface area contributed by atoms with Gasteiger partial charge in [-0.3, -0.25) is 4.98 Å². The van der Waals surface area contributed by atoms with E-state index in [-0.39, 0.29) is 0 Å². The number of benzene rings is 4. The third-order valence-corrected chi connectivity index (χ3v) is 5.42. The molecule has 0 aliphatic heterocycles. The highest BCUT2D eigenvalue weighted by atomic mass is 35.5. The molecule has 2 nitrogen and oxygen atoms in total. The van der Waals surface area contributed by atoms with Gasteiger partial charge in [0.15, 0.2) is 0 Å². The zero-order valence-electron chi connectivity index (χ0n) is 16.7. The van der Waals surface area contributed by atoms with E-state index in [1.807, 2.05) is 66.9 Å². The molecule has 0 saturated heterocycles. The van der Waals surface area contributed by atoms with Crippen molar-refractivity contribution >= 4 is 11.6 Å². The fourth-order valence-electron chi connectivity index (χ4n) is 3.66. The van der Waals surface area contributed by atoms with Crippen molar-refractivity contribution in [2.45, 2.75) is 0 Å². The summed E-state index contributed by atoms with van der Waals surface area (Å²) in [4.78, 5) is 9.89. The molecule has 0 radical (unpaired) electrons. The molecule has 5 rings (SSSR count). The standard InChI is InChI=1S/C28H19ClN2/c29-25-16-8-14-23(18-25)22-13-7-15-24(17-22)26-19-30-27(20-9-3-1-4-10-20)28(31-26)21-11-5-2-6-12-21/h1-19H. The molecule has 1 heterocycles. The first-order valence-corrected chi connectivity index (χ1v) is 10.5. The highest BCUT2D eigenvalue weighted by Crippen LogP contribution is 2.32. The van der Waals surface area contributed by atoms with Gasteiger partial charge in [0, 0.05) is 21.7 Å². The molecular formula is C28H19ClN2. The van der Waals surface area contributed by atoms with Crippen molar-refractivity contribution in [2.75, 3.05) is 0 Å². The van der Waals surface area contributed by atoms with Crippen LogP contribution in [0.5, 0.6) is 0 Å². The van der Waals surface area contributed by atoms with E-state index < -0.39 is 0 Å². The lowest BCUT2D eigenvalue weighted by atomic mass is 10.0. The fourth-order valence-corrected chi connectivity index (χ4v) is 3.85. The van der Waals surface area contributed by atoms with E-state index in [2.05, 4.69) is 48.5 Å². The molecule has 0 saturated carbocycles. The van der Waals surface area contributed by atoms with Crippen LogP contribution < -0.4 is 0 Å². The topological polar surface area (TPSA) is 25.8 Å². The molecule has 0 atom stereocenters. The van der Waals surface area contributed by atoms with Crippen molar-refractivity contribution in [1.82, 2.24) is 9.97 Å². The van der Waals surface area contributed by atoms with E-state index >= 15 is 0 Å². The summed E-state index contributed by atoms with van der Waals surface area (Å²) < 4.78 is 0. The quantitative estimate of drug-likeness (QED) is 0.297. The van der Waals surface area contributed by atoms with E-state index in [4.69, 9.17) is 21.6 Å². The van der Waals surface area contributed by atoms with Crippen LogP contribution in [0.1, 0.15) is 0 Å². The molecule has 4 aromatic carbocycles. The summed E-state index contributed by atoms with van der Waals surface area (Å²) in [5.41, 5.74) is 7.86. The summed E-state index contributed by atoms with van der Waals surface area (Å²) in [7, 11) is 0. The predicted molar refractivity (Wildman–Crippen MR) is 129 cm³/mol. The monoisotopic (exact) mass is 418 g/mol. The molecule has 0 fully saturated rings. The van der Waals surface area contributed by atoms with E-state index in [9.17, 15) is 0 Å². The predicted octanol–water partition coefficient (Wildman–Crippen LogP) is 7.80. The minimum Gasteiger partial charge on any atom is -0.252 e. The van der Waals surface area contributed by atoms with Crippen molar-refractivity contribution in [3.05, 3.63) is 120 Å². The van der Waals surface area contributed by atoms with Crippen LogP contribution in [0.3, 0.4) is 0 Å². The third kappa shape index (κ3) is 4.11. The van der Waals surface area contributed by atoms with Crippen LogP contribution >= 0.6 is 11.6 Å². The Morgan fingerprint density at radius 3 is 1.71 bits per heavy atom. The van der Waals surface area contributed by atoms with Crippen molar-refractivity contribution in [2.24, 2.45) is 0 Å². The highest BCUT2D eigenvalue weighted by Gasteiger charge is 2.13. The van der Waals surface area contributed by atoms with Gasteiger partial charge in [0.1, 0.15) is 0 Å². The van der Waals surface area contributed by atoms with Crippen molar-refractivity contribution in [1.29, 1.82) is 0 Å². The second kappa shape index (κ2) is 8.55. The molecule has 5 aromatic rings. The molecule has 0 N–H and O–H groups in total. The van der Waals surface area contributed by atoms with Gasteiger partial charge in [0.25, 0.3) is 0 Å². The Hall–Kier alpha value is -3.75. The van der Waals surface area contributed by atoms with Gasteiger partial charge in [0.2, 0.25) is 0 Å². The van der Waals surface area contributed by atoms with E-state index in [1.54, 1.807) is 0 Å². The van der Waals surface area contributed by atoms with Crippen LogP contribution in [0, 0.1) is 0 Å². The average Bonchev–Trinajstić information content (AvgIpc) is 2.85. The molecule has 3 heteroatoms. The average molecular weight is 419 g/mol. The lowest BCUT2D eigenvalue weighted by molar-refractivity contribution is 1.21. The lowest BCUT2D eigenvalue weighted by Gasteiger charge is -2.12. The first-order chi connectivity index (χ1) is 15.3. The van der Waals surface area contributed by atoms with E-state index in [0.717, 1.165) is 49.9 Å². The zero-order chi connectivity index (χ0) is 21.0. The lowest BCUT2D eigenvalue weighted by Crippen LogP contribution is -1.96. The number of aromatic nitrogens is 2. The number of nitrogens with zero attached hydrogens (tertiary/aromatic N) is 2. The van der Waals surface area contributed by atoms with Crippen LogP contribution in [0.2, 0.25) is 5.02 Å². The summed E-state index contributed by atoms with van der Waals surface area (Å²) in [6, 6.07) is 36.6. The maximum absolute atomic E-state index is 6.19. The number of hydrogen-bond acceptors (Lipinski definition) is 2. The Labute approximate surface area is 186 Å². The molecule has 31 heavy (non-hydrogen) atoms. The van der Waals surface area contributed by atoms with Crippen LogP contribution in [0.25, 0.3) is 44.9 Å². The van der Waals surface area contributed by atoms with Gasteiger partial charge in [0.05, 0.1) is 23.3 Å². The summed E-state index contributed by atoms with van der Waals surface area (Å²) >= 11 is 6.19. The van der Waals surface area contributed by atoms with Gasteiger partial charge in [-0.05, 0) is 29.3 Å². The van der Waals surface area contributed by atoms with Gasteiger partial charge in [-0.25, -0.2) is 4.98 Å². The Morgan fingerprint density at radius 2 is 1.03 bits per heavy atom. The van der Waals surface area contributed by atoms with Crippen molar-refractivity contribution in [3.8, 4) is 44.9 Å². The van der Waals surface area contributed by atoms with Crippen LogP contribution in [0.4, 0.5) is 0 Å². The van der Waals surface area contributed by atoms with E-state index in [1.165, 1.54) is 0 Å². The van der Waals surface area contributed by atoms with Crippen molar-refractivity contribution in [3.63, 3.8) is 0 Å². The normalized spacial score (nSPS) is 10.7. The Bertz CT molecular complexity index is 1330. The van der Waals surface area contributed by atoms with Crippen LogP contribution in [-0.4, -0.2) is 9.97 Å². The SMILES string of the molecule is Clc1cccc(-c2cccc(-c3cnc(-c4ccccc4)c(-c4ccccc4)n3)c2)c1. The molecule has 1 aromatic heterocycles. The van der Waals surface area contributed by atoms with Gasteiger partial charge < -0.3 is 0 Å². The molecule has 0 aliphatic carbocycles. The molecule has 0 unspecified atom stereocenters. The summed E-state index contributed by atoms with van der Waals surface area (Å²) in [5, 5.41) is 0.723. The molecular weight excluding hydrogens is 400 g/mol. The second-order valence-electron chi connectivity index (χ2n) is 7.28. The summed E-state index contributed by atoms with van der Waals surface area (Å²) in [5.74, 6) is 0. The van der Waals surface area contributed by atoms with Gasteiger partial charge in [-0.2, -0.15) is 0 Å². The largest absolute Gasteiger partial charge is 0.252 e. The summed E-state index contributed by atoms with van der Waals surface area (Å²) in [6.07, 6.45) is 1.85. The Kier molecular flexibility index (Phi) is 5.30. The van der Waals surface area contributed by atoms with Crippen molar-refractivity contribution < 1.29 is 0 Å². The molecule has 0 bridgehead atoms. The smallest absolute Gasteiger partial charge is 0.0972 e. The molecule has 0 amide bonds. The zero-order valence-corrected chi connectivity index (χ0v) is 17.5. The van der Waals surface area contributed by atoms with E-state index in [0.29, 0.717) is 0 Å². The third-order valence-electron chi connectivity index (χ3n) is 5.18.